The van der Waals surface area contributed by atoms with Gasteiger partial charge < -0.3 is 10.5 Å². The van der Waals surface area contributed by atoms with Gasteiger partial charge in [-0.15, -0.1) is 0 Å². The molecule has 2 aromatic carbocycles. The number of halogens is 2. The first kappa shape index (κ1) is 14.0. The molecule has 0 spiro atoms. The first-order valence-corrected chi connectivity index (χ1v) is 6.84. The van der Waals surface area contributed by atoms with Gasteiger partial charge in [0.25, 0.3) is 0 Å². The summed E-state index contributed by atoms with van der Waals surface area (Å²) >= 11 is 3.32. The van der Waals surface area contributed by atoms with Crippen molar-refractivity contribution in [2.45, 2.75) is 13.0 Å². The van der Waals surface area contributed by atoms with Crippen LogP contribution < -0.4 is 10.5 Å². The molecule has 2 aromatic rings. The van der Waals surface area contributed by atoms with Gasteiger partial charge in [-0.05, 0) is 42.8 Å². The largest absolute Gasteiger partial charge is 0.489 e. The van der Waals surface area contributed by atoms with Crippen LogP contribution in [0.5, 0.6) is 5.75 Å². The number of nitrogens with two attached hydrogens (primary N) is 1. The first-order valence-electron chi connectivity index (χ1n) is 6.05. The minimum atomic E-state index is -0.262. The van der Waals surface area contributed by atoms with E-state index in [1.165, 1.54) is 17.7 Å². The molecule has 0 aliphatic carbocycles. The molecular weight excluding hydrogens is 309 g/mol. The van der Waals surface area contributed by atoms with Crippen molar-refractivity contribution in [3.8, 4) is 5.75 Å². The predicted molar refractivity (Wildman–Crippen MR) is 77.6 cm³/mol. The van der Waals surface area contributed by atoms with Gasteiger partial charge in [0.05, 0.1) is 0 Å². The Labute approximate surface area is 120 Å². The van der Waals surface area contributed by atoms with E-state index in [0.717, 1.165) is 17.7 Å². The van der Waals surface area contributed by atoms with Gasteiger partial charge >= 0.3 is 0 Å². The number of rotatable bonds is 5. The van der Waals surface area contributed by atoms with E-state index in [1.54, 1.807) is 6.07 Å². The quantitative estimate of drug-likeness (QED) is 0.911. The second kappa shape index (κ2) is 6.68. The normalized spacial score (nSPS) is 10.5. The third kappa shape index (κ3) is 4.04. The zero-order valence-corrected chi connectivity index (χ0v) is 12.0. The van der Waals surface area contributed by atoms with Crippen LogP contribution in [0, 0.1) is 5.82 Å². The standard InChI is InChI=1S/C15H15BrFNO/c16-15-9-13(17)4-3-12(15)10-19-14-5-1-11(2-6-14)7-8-18/h1-6,9H,7-8,10,18H2. The molecule has 0 heterocycles. The van der Waals surface area contributed by atoms with E-state index < -0.39 is 0 Å². The monoisotopic (exact) mass is 323 g/mol. The van der Waals surface area contributed by atoms with Crippen molar-refractivity contribution < 1.29 is 9.13 Å². The number of benzene rings is 2. The van der Waals surface area contributed by atoms with Crippen molar-refractivity contribution in [1.82, 2.24) is 0 Å². The summed E-state index contributed by atoms with van der Waals surface area (Å²) in [7, 11) is 0. The van der Waals surface area contributed by atoms with Crippen molar-refractivity contribution in [1.29, 1.82) is 0 Å². The van der Waals surface area contributed by atoms with Crippen molar-refractivity contribution in [2.75, 3.05) is 6.54 Å². The molecule has 0 unspecified atom stereocenters. The Morgan fingerprint density at radius 2 is 1.84 bits per heavy atom. The summed E-state index contributed by atoms with van der Waals surface area (Å²) in [4.78, 5) is 0. The third-order valence-corrected chi connectivity index (χ3v) is 3.50. The fourth-order valence-electron chi connectivity index (χ4n) is 1.72. The lowest BCUT2D eigenvalue weighted by atomic mass is 10.1. The van der Waals surface area contributed by atoms with Crippen LogP contribution in [0.1, 0.15) is 11.1 Å². The van der Waals surface area contributed by atoms with Crippen LogP contribution in [0.25, 0.3) is 0 Å². The molecule has 0 aliphatic rings. The lowest BCUT2D eigenvalue weighted by molar-refractivity contribution is 0.305. The third-order valence-electron chi connectivity index (χ3n) is 2.77. The summed E-state index contributed by atoms with van der Waals surface area (Å²) in [6, 6.07) is 12.4. The molecule has 0 saturated heterocycles. The average molecular weight is 324 g/mol. The number of hydrogen-bond donors (Lipinski definition) is 1. The van der Waals surface area contributed by atoms with Crippen LogP contribution in [-0.4, -0.2) is 6.54 Å². The molecule has 2 nitrogen and oxygen atoms in total. The second-order valence-electron chi connectivity index (χ2n) is 4.21. The summed E-state index contributed by atoms with van der Waals surface area (Å²) in [6.07, 6.45) is 0.865. The van der Waals surface area contributed by atoms with Crippen LogP contribution in [0.2, 0.25) is 0 Å². The maximum atomic E-state index is 12.9. The molecule has 4 heteroatoms. The molecular formula is C15H15BrFNO. The number of ether oxygens (including phenoxy) is 1. The van der Waals surface area contributed by atoms with E-state index in [9.17, 15) is 4.39 Å². The smallest absolute Gasteiger partial charge is 0.124 e. The molecule has 0 saturated carbocycles. The van der Waals surface area contributed by atoms with E-state index >= 15 is 0 Å². The van der Waals surface area contributed by atoms with E-state index in [-0.39, 0.29) is 5.82 Å². The van der Waals surface area contributed by atoms with Crippen LogP contribution in [-0.2, 0) is 13.0 Å². The Hall–Kier alpha value is -1.39. The highest BCUT2D eigenvalue weighted by Crippen LogP contribution is 2.20. The Kier molecular flexibility index (Phi) is 4.93. The lowest BCUT2D eigenvalue weighted by Gasteiger charge is -2.08. The molecule has 2 N–H and O–H groups in total. The lowest BCUT2D eigenvalue weighted by Crippen LogP contribution is -2.02. The molecule has 0 aromatic heterocycles. The Bertz CT molecular complexity index is 542. The SMILES string of the molecule is NCCc1ccc(OCc2ccc(F)cc2Br)cc1. The molecule has 100 valence electrons. The Morgan fingerprint density at radius 3 is 2.47 bits per heavy atom. The second-order valence-corrected chi connectivity index (χ2v) is 5.06. The first-order chi connectivity index (χ1) is 9.19. The molecule has 0 aliphatic heterocycles. The van der Waals surface area contributed by atoms with Crippen molar-refractivity contribution >= 4 is 15.9 Å². The number of hydrogen-bond acceptors (Lipinski definition) is 2. The van der Waals surface area contributed by atoms with Gasteiger partial charge in [-0.1, -0.05) is 34.1 Å². The molecule has 19 heavy (non-hydrogen) atoms. The van der Waals surface area contributed by atoms with E-state index in [4.69, 9.17) is 10.5 Å². The highest BCUT2D eigenvalue weighted by atomic mass is 79.9. The van der Waals surface area contributed by atoms with Gasteiger partial charge in [0.2, 0.25) is 0 Å². The molecule has 0 radical (unpaired) electrons. The average Bonchev–Trinajstić information content (AvgIpc) is 2.40. The molecule has 0 bridgehead atoms. The summed E-state index contributed by atoms with van der Waals surface area (Å²) in [6.45, 7) is 1.04. The van der Waals surface area contributed by atoms with Crippen molar-refractivity contribution in [2.24, 2.45) is 5.73 Å². The Balaban J connectivity index is 1.98. The molecule has 0 atom stereocenters. The highest BCUT2D eigenvalue weighted by molar-refractivity contribution is 9.10. The highest BCUT2D eigenvalue weighted by Gasteiger charge is 2.03. The van der Waals surface area contributed by atoms with Crippen molar-refractivity contribution in [3.05, 3.63) is 63.9 Å². The van der Waals surface area contributed by atoms with Gasteiger partial charge in [-0.3, -0.25) is 0 Å². The molecule has 0 fully saturated rings. The summed E-state index contributed by atoms with van der Waals surface area (Å²) in [5.41, 5.74) is 7.60. The van der Waals surface area contributed by atoms with Gasteiger partial charge in [0, 0.05) is 10.0 Å². The fourth-order valence-corrected chi connectivity index (χ4v) is 2.18. The van der Waals surface area contributed by atoms with Crippen LogP contribution in [0.15, 0.2) is 46.9 Å². The predicted octanol–water partition coefficient (Wildman–Crippen LogP) is 3.67. The minimum Gasteiger partial charge on any atom is -0.489 e. The summed E-state index contributed by atoms with van der Waals surface area (Å²) in [5.74, 6) is 0.527. The summed E-state index contributed by atoms with van der Waals surface area (Å²) in [5, 5.41) is 0. The zero-order valence-electron chi connectivity index (χ0n) is 10.4. The Morgan fingerprint density at radius 1 is 1.11 bits per heavy atom. The van der Waals surface area contributed by atoms with E-state index in [1.807, 2.05) is 24.3 Å². The summed E-state index contributed by atoms with van der Waals surface area (Å²) < 4.78 is 19.3. The fraction of sp³-hybridized carbons (Fsp3) is 0.200. The maximum absolute atomic E-state index is 12.9. The van der Waals surface area contributed by atoms with Gasteiger partial charge in [-0.25, -0.2) is 4.39 Å². The van der Waals surface area contributed by atoms with E-state index in [2.05, 4.69) is 15.9 Å². The molecule has 0 amide bonds. The van der Waals surface area contributed by atoms with Crippen molar-refractivity contribution in [3.63, 3.8) is 0 Å². The van der Waals surface area contributed by atoms with Gasteiger partial charge in [0.1, 0.15) is 18.2 Å². The van der Waals surface area contributed by atoms with Crippen LogP contribution in [0.3, 0.4) is 0 Å². The minimum absolute atomic E-state index is 0.262. The molecule has 2 rings (SSSR count). The van der Waals surface area contributed by atoms with Gasteiger partial charge in [0.15, 0.2) is 0 Å². The zero-order chi connectivity index (χ0) is 13.7. The maximum Gasteiger partial charge on any atom is 0.124 e. The van der Waals surface area contributed by atoms with E-state index in [0.29, 0.717) is 17.6 Å². The van der Waals surface area contributed by atoms with Crippen LogP contribution >= 0.6 is 15.9 Å². The topological polar surface area (TPSA) is 35.2 Å². The van der Waals surface area contributed by atoms with Crippen LogP contribution in [0.4, 0.5) is 4.39 Å². The van der Waals surface area contributed by atoms with Gasteiger partial charge in [-0.2, -0.15) is 0 Å².